The molecule has 19 nitrogen and oxygen atoms in total. The van der Waals surface area contributed by atoms with E-state index in [-0.39, 0.29) is 46.3 Å². The summed E-state index contributed by atoms with van der Waals surface area (Å²) in [4.78, 5) is 66.2. The lowest BCUT2D eigenvalue weighted by Gasteiger charge is -2.34. The van der Waals surface area contributed by atoms with Crippen molar-refractivity contribution in [1.82, 2.24) is 44.6 Å². The van der Waals surface area contributed by atoms with Gasteiger partial charge in [-0.1, -0.05) is 41.4 Å². The zero-order valence-corrected chi connectivity index (χ0v) is 45.7. The summed E-state index contributed by atoms with van der Waals surface area (Å²) in [5, 5.41) is 16.6. The zero-order chi connectivity index (χ0) is 55.0. The molecule has 3 saturated heterocycles. The third-order valence-electron chi connectivity index (χ3n) is 11.5. The van der Waals surface area contributed by atoms with Gasteiger partial charge in [0.15, 0.2) is 0 Å². The largest absolute Gasteiger partial charge is 0.444 e. The third-order valence-corrected chi connectivity index (χ3v) is 12.2. The van der Waals surface area contributed by atoms with Crippen molar-refractivity contribution >= 4 is 93.4 Å². The number of piperidine rings is 3. The number of amides is 3. The van der Waals surface area contributed by atoms with Gasteiger partial charge in [0.25, 0.3) is 0 Å². The molecule has 0 spiro atoms. The molecule has 76 heavy (non-hydrogen) atoms. The number of rotatable bonds is 11. The molecule has 0 radical (unpaired) electrons. The Morgan fingerprint density at radius 2 is 0.934 bits per heavy atom. The lowest BCUT2D eigenvalue weighted by atomic mass is 10.1. The Balaban J connectivity index is 0.000000187. The predicted molar refractivity (Wildman–Crippen MR) is 293 cm³/mol. The molecule has 0 saturated carbocycles. The fourth-order valence-corrected chi connectivity index (χ4v) is 8.60. The summed E-state index contributed by atoms with van der Waals surface area (Å²) in [6, 6.07) is 14.2. The SMILES string of the molecule is C=CC(=O)N1CCCC(Nc2cc(Nc3ccc(F)c(Cl)c3)ncn2)C1.CC(C)(C)OC(=O)N1CCCC(Nc2cc(Cl)ncn2)C1.CC(C)(C)OC(=O)N1CCCC(Nc2cc(Nc3ccc(F)c(Cl)c3)ncn2)C1. The van der Waals surface area contributed by atoms with Crippen molar-refractivity contribution in [3.05, 3.63) is 113 Å². The maximum Gasteiger partial charge on any atom is 0.410 e. The fraction of sp³-hybridized carbons (Fsp3) is 0.442. The number of likely N-dealkylation sites (tertiary alicyclic amines) is 3. The average Bonchev–Trinajstić information content (AvgIpc) is 3.36. The highest BCUT2D eigenvalue weighted by Crippen LogP contribution is 2.26. The van der Waals surface area contributed by atoms with Crippen LogP contribution in [-0.4, -0.2) is 131 Å². The molecular weight excluding hydrogens is 1050 g/mol. The first kappa shape index (κ1) is 58.4. The van der Waals surface area contributed by atoms with E-state index in [1.54, 1.807) is 45.0 Å². The van der Waals surface area contributed by atoms with Crippen molar-refractivity contribution < 1.29 is 32.6 Å². The first-order valence-corrected chi connectivity index (χ1v) is 25.9. The minimum Gasteiger partial charge on any atom is -0.444 e. The van der Waals surface area contributed by atoms with E-state index in [1.807, 2.05) is 41.5 Å². The monoisotopic (exact) mass is 1110 g/mol. The molecule has 8 rings (SSSR count). The van der Waals surface area contributed by atoms with Crippen LogP contribution in [0.2, 0.25) is 15.2 Å². The number of aromatic nitrogens is 6. The maximum atomic E-state index is 13.3. The first-order valence-electron chi connectivity index (χ1n) is 24.8. The molecule has 3 fully saturated rings. The van der Waals surface area contributed by atoms with Gasteiger partial charge in [-0.3, -0.25) is 4.79 Å². The number of nitrogens with zero attached hydrogens (tertiary/aromatic N) is 9. The molecule has 5 aromatic rings. The van der Waals surface area contributed by atoms with Crippen LogP contribution in [0.5, 0.6) is 0 Å². The van der Waals surface area contributed by atoms with Gasteiger partial charge in [-0.15, -0.1) is 0 Å². The summed E-state index contributed by atoms with van der Waals surface area (Å²) in [5.41, 5.74) is 0.252. The van der Waals surface area contributed by atoms with E-state index in [9.17, 15) is 23.2 Å². The molecule has 3 aliphatic rings. The van der Waals surface area contributed by atoms with E-state index in [2.05, 4.69) is 63.1 Å². The van der Waals surface area contributed by atoms with Crippen LogP contribution in [0.25, 0.3) is 0 Å². The lowest BCUT2D eigenvalue weighted by molar-refractivity contribution is -0.127. The third kappa shape index (κ3) is 19.4. The summed E-state index contributed by atoms with van der Waals surface area (Å²) < 4.78 is 37.4. The van der Waals surface area contributed by atoms with E-state index >= 15 is 0 Å². The Morgan fingerprint density at radius 3 is 1.32 bits per heavy atom. The van der Waals surface area contributed by atoms with Gasteiger partial charge in [0, 0.05) is 87.0 Å². The summed E-state index contributed by atoms with van der Waals surface area (Å²) in [6.07, 6.45) is 10.6. The number of carbonyl (C=O) groups is 3. The predicted octanol–water partition coefficient (Wildman–Crippen LogP) is 11.4. The number of carbonyl (C=O) groups excluding carboxylic acids is 3. The number of nitrogens with one attached hydrogen (secondary N) is 5. The highest BCUT2D eigenvalue weighted by molar-refractivity contribution is 6.31. The Morgan fingerprint density at radius 1 is 0.566 bits per heavy atom. The molecule has 3 aromatic heterocycles. The molecule has 5 N–H and O–H groups in total. The Hall–Kier alpha value is -6.84. The molecule has 2 aromatic carbocycles. The highest BCUT2D eigenvalue weighted by atomic mass is 35.5. The second kappa shape index (κ2) is 27.3. The minimum absolute atomic E-state index is 0.0341. The van der Waals surface area contributed by atoms with Gasteiger partial charge in [0.05, 0.1) is 10.0 Å². The summed E-state index contributed by atoms with van der Waals surface area (Å²) >= 11 is 17.4. The van der Waals surface area contributed by atoms with E-state index in [1.165, 1.54) is 49.3 Å². The van der Waals surface area contributed by atoms with Gasteiger partial charge in [-0.25, -0.2) is 48.3 Å². The van der Waals surface area contributed by atoms with E-state index in [0.717, 1.165) is 51.6 Å². The van der Waals surface area contributed by atoms with Crippen LogP contribution in [0.4, 0.5) is 58.8 Å². The van der Waals surface area contributed by atoms with E-state index in [0.29, 0.717) is 71.8 Å². The van der Waals surface area contributed by atoms with Crippen molar-refractivity contribution in [3.63, 3.8) is 0 Å². The van der Waals surface area contributed by atoms with Gasteiger partial charge in [0.2, 0.25) is 5.91 Å². The number of halogens is 5. The lowest BCUT2D eigenvalue weighted by Crippen LogP contribution is -2.47. The van der Waals surface area contributed by atoms with Crippen molar-refractivity contribution in [2.45, 2.75) is 109 Å². The Bertz CT molecular complexity index is 2770. The Labute approximate surface area is 456 Å². The van der Waals surface area contributed by atoms with Crippen molar-refractivity contribution in [1.29, 1.82) is 0 Å². The number of hydrogen-bond acceptors (Lipinski definition) is 16. The summed E-state index contributed by atoms with van der Waals surface area (Å²) in [6.45, 7) is 18.6. The smallest absolute Gasteiger partial charge is 0.410 e. The van der Waals surface area contributed by atoms with E-state index < -0.39 is 22.8 Å². The molecule has 6 heterocycles. The topological polar surface area (TPSA) is 217 Å². The normalized spacial score (nSPS) is 17.6. The molecule has 0 bridgehead atoms. The van der Waals surface area contributed by atoms with Crippen LogP contribution in [-0.2, 0) is 14.3 Å². The fourth-order valence-electron chi connectivity index (χ4n) is 8.09. The molecule has 3 unspecified atom stereocenters. The second-order valence-electron chi connectivity index (χ2n) is 20.1. The van der Waals surface area contributed by atoms with Crippen molar-refractivity contribution in [2.24, 2.45) is 0 Å². The maximum absolute atomic E-state index is 13.3. The molecule has 0 aliphatic carbocycles. The van der Waals surface area contributed by atoms with Gasteiger partial charge >= 0.3 is 12.2 Å². The second-order valence-corrected chi connectivity index (χ2v) is 21.3. The number of hydrogen-bond donors (Lipinski definition) is 5. The van der Waals surface area contributed by atoms with Crippen LogP contribution in [0.1, 0.15) is 80.1 Å². The van der Waals surface area contributed by atoms with Crippen molar-refractivity contribution in [2.75, 3.05) is 65.9 Å². The standard InChI is InChI=1S/C20H25ClFN5O2.C18H19ClFN5O.C14H21ClN4O2/c1-20(2,3)29-19(28)27-8-4-5-14(11-27)26-18-10-17(23-12-24-18)25-13-6-7-16(22)15(21)9-13;1-2-18(26)25-7-3-4-13(10-25)24-17-9-16(21-11-22-17)23-12-5-6-15(20)14(19)8-12;1-14(2,3)21-13(20)19-6-4-5-10(8-19)18-12-7-11(15)16-9-17-12/h6-7,9-10,12,14H,4-5,8,11H2,1-3H3,(H2,23,24,25,26);2,5-6,8-9,11,13H,1,3-4,7,10H2,(H2,21,22,23,24);7,9-10H,4-6,8H2,1-3H3,(H,16,17,18). The number of ether oxygens (including phenoxy) is 2. The minimum atomic E-state index is -0.520. The molecule has 24 heteroatoms. The summed E-state index contributed by atoms with van der Waals surface area (Å²) in [7, 11) is 0. The number of anilines is 7. The van der Waals surface area contributed by atoms with Crippen LogP contribution in [0.15, 0.2) is 86.2 Å². The van der Waals surface area contributed by atoms with Crippen LogP contribution < -0.4 is 26.6 Å². The quantitative estimate of drug-likeness (QED) is 0.0614. The molecule has 3 atom stereocenters. The van der Waals surface area contributed by atoms with Crippen LogP contribution >= 0.6 is 34.8 Å². The number of benzene rings is 2. The van der Waals surface area contributed by atoms with Gasteiger partial charge in [0.1, 0.15) is 76.1 Å². The molecule has 3 aliphatic heterocycles. The zero-order valence-electron chi connectivity index (χ0n) is 43.4. The van der Waals surface area contributed by atoms with Gasteiger partial charge < -0.3 is 50.8 Å². The molecule has 3 amide bonds. The van der Waals surface area contributed by atoms with Crippen molar-refractivity contribution in [3.8, 4) is 0 Å². The average molecular weight is 1110 g/mol. The first-order chi connectivity index (χ1) is 36.1. The molecular formula is C52H65Cl3F2N14O5. The van der Waals surface area contributed by atoms with Gasteiger partial charge in [-0.05, 0) is 123 Å². The summed E-state index contributed by atoms with van der Waals surface area (Å²) in [5.74, 6) is 2.04. The van der Waals surface area contributed by atoms with Crippen LogP contribution in [0.3, 0.4) is 0 Å². The van der Waals surface area contributed by atoms with Gasteiger partial charge in [-0.2, -0.15) is 0 Å². The van der Waals surface area contributed by atoms with Crippen LogP contribution in [0, 0.1) is 11.6 Å². The molecule has 408 valence electrons. The van der Waals surface area contributed by atoms with E-state index in [4.69, 9.17) is 44.3 Å². The highest BCUT2D eigenvalue weighted by Gasteiger charge is 2.30. The Kier molecular flexibility index (Phi) is 21.0.